The monoisotopic (exact) mass is 324 g/mol. The molecule has 5 nitrogen and oxygen atoms in total. The highest BCUT2D eigenvalue weighted by atomic mass is 32.2. The molecule has 0 bridgehead atoms. The van der Waals surface area contributed by atoms with E-state index in [0.29, 0.717) is 10.7 Å². The molecular formula is C17H12N2O3S. The Bertz CT molecular complexity index is 883. The summed E-state index contributed by atoms with van der Waals surface area (Å²) in [4.78, 5) is 25.4. The fraction of sp³-hybridized carbons (Fsp3) is 0.118. The molecule has 0 spiro atoms. The summed E-state index contributed by atoms with van der Waals surface area (Å²) in [5.41, 5.74) is 0.474. The number of carbonyl (C=O) groups excluding carboxylic acids is 2. The molecule has 6 heteroatoms. The summed E-state index contributed by atoms with van der Waals surface area (Å²) in [6.45, 7) is 0. The Kier molecular flexibility index (Phi) is 4.04. The number of benzene rings is 2. The first-order valence-corrected chi connectivity index (χ1v) is 7.81. The number of fused-ring (bicyclic) bond motifs is 1. The summed E-state index contributed by atoms with van der Waals surface area (Å²) in [5.74, 6) is -0.725. The fourth-order valence-electron chi connectivity index (χ4n) is 2.42. The average molecular weight is 324 g/mol. The molecule has 0 unspecified atom stereocenters. The highest BCUT2D eigenvalue weighted by Gasteiger charge is 2.33. The lowest BCUT2D eigenvalue weighted by molar-refractivity contribution is -0.135. The van der Waals surface area contributed by atoms with Crippen LogP contribution in [-0.2, 0) is 14.3 Å². The second-order valence-electron chi connectivity index (χ2n) is 4.83. The van der Waals surface area contributed by atoms with E-state index >= 15 is 0 Å². The van der Waals surface area contributed by atoms with Crippen molar-refractivity contribution in [2.24, 2.45) is 0 Å². The van der Waals surface area contributed by atoms with Crippen LogP contribution in [0.2, 0.25) is 0 Å². The van der Waals surface area contributed by atoms with Crippen LogP contribution in [0.4, 0.5) is 5.69 Å². The molecule has 0 radical (unpaired) electrons. The lowest BCUT2D eigenvalue weighted by Gasteiger charge is -2.18. The van der Waals surface area contributed by atoms with Crippen molar-refractivity contribution in [3.8, 4) is 6.07 Å². The molecule has 2 aromatic rings. The predicted molar refractivity (Wildman–Crippen MR) is 88.5 cm³/mol. The average Bonchev–Trinajstić information content (AvgIpc) is 2.96. The van der Waals surface area contributed by atoms with Crippen molar-refractivity contribution >= 4 is 40.1 Å². The molecule has 0 saturated carbocycles. The Labute approximate surface area is 137 Å². The molecule has 0 aliphatic carbocycles. The van der Waals surface area contributed by atoms with E-state index in [2.05, 4.69) is 4.74 Å². The molecule has 2 aromatic carbocycles. The Morgan fingerprint density at radius 1 is 1.26 bits per heavy atom. The van der Waals surface area contributed by atoms with Crippen LogP contribution in [0.3, 0.4) is 0 Å². The minimum absolute atomic E-state index is 0.156. The van der Waals surface area contributed by atoms with Crippen molar-refractivity contribution in [1.82, 2.24) is 0 Å². The summed E-state index contributed by atoms with van der Waals surface area (Å²) in [7, 11) is 1.21. The van der Waals surface area contributed by atoms with Crippen LogP contribution in [0.5, 0.6) is 0 Å². The first kappa shape index (κ1) is 15.1. The summed E-state index contributed by atoms with van der Waals surface area (Å²) in [6, 6.07) is 15.2. The van der Waals surface area contributed by atoms with Gasteiger partial charge in [0.15, 0.2) is 5.57 Å². The maximum atomic E-state index is 12.3. The van der Waals surface area contributed by atoms with E-state index < -0.39 is 5.97 Å². The zero-order valence-electron chi connectivity index (χ0n) is 12.3. The van der Waals surface area contributed by atoms with E-state index in [-0.39, 0.29) is 17.2 Å². The zero-order chi connectivity index (χ0) is 16.4. The Hall–Kier alpha value is -2.78. The number of nitrogens with zero attached hydrogens (tertiary/aromatic N) is 2. The van der Waals surface area contributed by atoms with Gasteiger partial charge in [-0.3, -0.25) is 9.69 Å². The molecule has 0 atom stereocenters. The van der Waals surface area contributed by atoms with E-state index in [1.807, 2.05) is 42.5 Å². The number of thioether (sulfide) groups is 1. The Morgan fingerprint density at radius 2 is 2.00 bits per heavy atom. The second-order valence-corrected chi connectivity index (χ2v) is 5.80. The number of ether oxygens (including phenoxy) is 1. The van der Waals surface area contributed by atoms with Gasteiger partial charge in [-0.2, -0.15) is 5.26 Å². The number of hydrogen-bond donors (Lipinski definition) is 0. The molecule has 3 rings (SSSR count). The molecule has 1 aliphatic rings. The van der Waals surface area contributed by atoms with Crippen LogP contribution < -0.4 is 4.90 Å². The Morgan fingerprint density at radius 3 is 2.70 bits per heavy atom. The van der Waals surface area contributed by atoms with E-state index in [4.69, 9.17) is 0 Å². The highest BCUT2D eigenvalue weighted by Crippen LogP contribution is 2.37. The smallest absolute Gasteiger partial charge is 0.351 e. The number of rotatable bonds is 2. The van der Waals surface area contributed by atoms with E-state index in [1.54, 1.807) is 6.07 Å². The van der Waals surface area contributed by atoms with Gasteiger partial charge < -0.3 is 4.74 Å². The second kappa shape index (κ2) is 6.15. The number of carbonyl (C=O) groups is 2. The Balaban J connectivity index is 2.14. The topological polar surface area (TPSA) is 70.4 Å². The third kappa shape index (κ3) is 2.67. The number of methoxy groups -OCH3 is 1. The molecule has 23 heavy (non-hydrogen) atoms. The molecule has 0 aromatic heterocycles. The van der Waals surface area contributed by atoms with Gasteiger partial charge >= 0.3 is 5.97 Å². The number of esters is 1. The molecule has 114 valence electrons. The maximum Gasteiger partial charge on any atom is 0.351 e. The molecule has 0 N–H and O–H groups in total. The standard InChI is InChI=1S/C17H12N2O3S/c1-22-17(21)14(9-18)16-19(15(20)10-23-16)13-7-6-11-4-2-3-5-12(11)8-13/h2-8H,10H2,1H3/b16-14-. The molecular weight excluding hydrogens is 312 g/mol. The van der Waals surface area contributed by atoms with Crippen LogP contribution >= 0.6 is 11.8 Å². The SMILES string of the molecule is COC(=O)/C(C#N)=C1\SCC(=O)N1c1ccc2ccccc2c1. The van der Waals surface area contributed by atoms with Crippen LogP contribution in [-0.4, -0.2) is 24.7 Å². The summed E-state index contributed by atoms with van der Waals surface area (Å²) < 4.78 is 4.63. The normalized spacial score (nSPS) is 16.3. The number of anilines is 1. The van der Waals surface area contributed by atoms with Gasteiger partial charge in [-0.15, -0.1) is 0 Å². The van der Waals surface area contributed by atoms with Crippen LogP contribution in [0.1, 0.15) is 0 Å². The van der Waals surface area contributed by atoms with Crippen molar-refractivity contribution in [3.63, 3.8) is 0 Å². The van der Waals surface area contributed by atoms with Crippen LogP contribution in [0.15, 0.2) is 53.1 Å². The third-order valence-corrected chi connectivity index (χ3v) is 4.54. The largest absolute Gasteiger partial charge is 0.465 e. The number of amides is 1. The predicted octanol–water partition coefficient (Wildman–Crippen LogP) is 2.83. The lowest BCUT2D eigenvalue weighted by atomic mass is 10.1. The minimum Gasteiger partial charge on any atom is -0.465 e. The first-order valence-electron chi connectivity index (χ1n) is 6.83. The van der Waals surface area contributed by atoms with E-state index in [0.717, 1.165) is 10.8 Å². The lowest BCUT2D eigenvalue weighted by Crippen LogP contribution is -2.25. The van der Waals surface area contributed by atoms with Gasteiger partial charge in [0.2, 0.25) is 5.91 Å². The molecule has 1 aliphatic heterocycles. The summed E-state index contributed by atoms with van der Waals surface area (Å²) in [5, 5.41) is 11.6. The maximum absolute atomic E-state index is 12.3. The summed E-state index contributed by atoms with van der Waals surface area (Å²) in [6.07, 6.45) is 0. The van der Waals surface area contributed by atoms with Crippen LogP contribution in [0, 0.1) is 11.3 Å². The van der Waals surface area contributed by atoms with Gasteiger partial charge in [0.25, 0.3) is 0 Å². The van der Waals surface area contributed by atoms with Gasteiger partial charge in [0, 0.05) is 0 Å². The van der Waals surface area contributed by atoms with Gasteiger partial charge in [0.1, 0.15) is 11.1 Å². The minimum atomic E-state index is -0.740. The van der Waals surface area contributed by atoms with Crippen molar-refractivity contribution in [1.29, 1.82) is 5.26 Å². The molecule has 1 fully saturated rings. The highest BCUT2D eigenvalue weighted by molar-refractivity contribution is 8.04. The number of nitriles is 1. The fourth-order valence-corrected chi connectivity index (χ4v) is 3.42. The van der Waals surface area contributed by atoms with Gasteiger partial charge in [-0.05, 0) is 22.9 Å². The van der Waals surface area contributed by atoms with Crippen molar-refractivity contribution in [2.75, 3.05) is 17.8 Å². The number of hydrogen-bond acceptors (Lipinski definition) is 5. The van der Waals surface area contributed by atoms with E-state index in [1.165, 1.54) is 23.8 Å². The van der Waals surface area contributed by atoms with Crippen molar-refractivity contribution in [3.05, 3.63) is 53.1 Å². The third-order valence-electron chi connectivity index (χ3n) is 3.49. The first-order chi connectivity index (χ1) is 11.2. The van der Waals surface area contributed by atoms with Crippen LogP contribution in [0.25, 0.3) is 10.8 Å². The van der Waals surface area contributed by atoms with Crippen molar-refractivity contribution in [2.45, 2.75) is 0 Å². The molecule has 1 heterocycles. The van der Waals surface area contributed by atoms with Gasteiger partial charge in [0.05, 0.1) is 18.6 Å². The summed E-state index contributed by atoms with van der Waals surface area (Å²) >= 11 is 1.17. The van der Waals surface area contributed by atoms with Gasteiger partial charge in [-0.25, -0.2) is 4.79 Å². The zero-order valence-corrected chi connectivity index (χ0v) is 13.1. The quantitative estimate of drug-likeness (QED) is 0.482. The van der Waals surface area contributed by atoms with E-state index in [9.17, 15) is 14.9 Å². The van der Waals surface area contributed by atoms with Crippen molar-refractivity contribution < 1.29 is 14.3 Å². The molecule has 1 saturated heterocycles. The molecule has 1 amide bonds. The van der Waals surface area contributed by atoms with Gasteiger partial charge in [-0.1, -0.05) is 42.1 Å².